The van der Waals surface area contributed by atoms with E-state index < -0.39 is 0 Å². The SMILES string of the molecule is C=Cc1cc2c(C)c3ccccc3c(-c3ccc4c(c3)C(CCCCCCCC)(CCCCCCCC)c3cc(C)ccc3-4)c2cc1C=C.CCCCCCCCC1(CCCCCCCC)c2cc(C)ccc2-c2ccc(-c3c4cc5ccccc5cc4c(C)c4cc5ccccc5cc34)cc21. The summed E-state index contributed by atoms with van der Waals surface area (Å²) in [5.41, 5.74) is 25.5. The van der Waals surface area contributed by atoms with Crippen molar-refractivity contribution in [2.24, 2.45) is 0 Å². The third-order valence-corrected chi connectivity index (χ3v) is 24.5. The van der Waals surface area contributed by atoms with Gasteiger partial charge in [-0.05, 0) is 256 Å². The topological polar surface area (TPSA) is 0 Å². The van der Waals surface area contributed by atoms with Crippen molar-refractivity contribution in [3.63, 3.8) is 0 Å². The van der Waals surface area contributed by atoms with Gasteiger partial charge in [0, 0.05) is 10.8 Å². The van der Waals surface area contributed by atoms with Crippen molar-refractivity contribution < 1.29 is 0 Å². The van der Waals surface area contributed by atoms with Crippen LogP contribution in [0.2, 0.25) is 0 Å². The molecule has 0 unspecified atom stereocenters. The second-order valence-electron chi connectivity index (χ2n) is 31.3. The van der Waals surface area contributed by atoms with Gasteiger partial charge in [-0.1, -0.05) is 352 Å². The predicted molar refractivity (Wildman–Crippen MR) is 452 cm³/mol. The van der Waals surface area contributed by atoms with E-state index in [-0.39, 0.29) is 10.8 Å². The average molecular weight is 1340 g/mol. The van der Waals surface area contributed by atoms with Gasteiger partial charge in [-0.2, -0.15) is 0 Å². The van der Waals surface area contributed by atoms with Crippen LogP contribution in [0.15, 0.2) is 195 Å². The van der Waals surface area contributed by atoms with Crippen LogP contribution in [-0.2, 0) is 10.8 Å². The summed E-state index contributed by atoms with van der Waals surface area (Å²) in [5, 5.41) is 16.0. The first-order valence-electron chi connectivity index (χ1n) is 40.5. The Bertz CT molecular complexity index is 4850. The lowest BCUT2D eigenvalue weighted by Crippen LogP contribution is -2.25. The fourth-order valence-electron chi connectivity index (χ4n) is 18.9. The van der Waals surface area contributed by atoms with Gasteiger partial charge in [0.2, 0.25) is 0 Å². The molecule has 0 fully saturated rings. The standard InChI is InChI=1S/C53H58.C49H58/c1-5-7-9-11-13-19-29-53(30-20-14-12-10-8-6-2)50-31-37(3)25-27-44(50)45-28-26-43(36-51(45)53)52-48-34-41-23-17-15-21-39(41)32-46(48)38(4)47-33-40-22-16-18-24-42(40)35-49(47)52;1-7-11-13-15-17-21-29-49(30-22-18-16-14-12-8-2)46-31-35(5)25-27-41(46)42-28-26-39(34-47(42)49)48-43-24-20-19-23-40(43)36(6)44-32-37(9-3)38(10-4)33-45(44)48/h15-18,21-28,31-36H,5-14,19-20,29-30H2,1-4H3;9-10,19-20,23-28,31-34H,3-4,7-8,11-18,21-22,29-30H2,1-2,5-6H3. The maximum atomic E-state index is 4.19. The highest BCUT2D eigenvalue weighted by Gasteiger charge is 2.44. The first kappa shape index (κ1) is 72.0. The van der Waals surface area contributed by atoms with Crippen molar-refractivity contribution in [3.8, 4) is 44.5 Å². The van der Waals surface area contributed by atoms with Gasteiger partial charge in [0.05, 0.1) is 0 Å². The summed E-state index contributed by atoms with van der Waals surface area (Å²) in [6.07, 6.45) is 41.0. The maximum Gasteiger partial charge on any atom is 0.0215 e. The smallest absolute Gasteiger partial charge is 0.0215 e. The molecule has 0 aromatic heterocycles. The van der Waals surface area contributed by atoms with Crippen molar-refractivity contribution in [1.29, 1.82) is 0 Å². The zero-order chi connectivity index (χ0) is 70.7. The monoisotopic (exact) mass is 1340 g/mol. The number of fused-ring (bicyclic) bond motifs is 12. The van der Waals surface area contributed by atoms with Crippen molar-refractivity contribution in [1.82, 2.24) is 0 Å². The van der Waals surface area contributed by atoms with Crippen LogP contribution in [0.1, 0.15) is 263 Å². The Morgan fingerprint density at radius 1 is 0.265 bits per heavy atom. The molecule has 0 heterocycles. The van der Waals surface area contributed by atoms with E-state index in [0.717, 1.165) is 11.1 Å². The van der Waals surface area contributed by atoms with Crippen molar-refractivity contribution in [3.05, 3.63) is 251 Å². The number of hydrogen-bond donors (Lipinski definition) is 0. The van der Waals surface area contributed by atoms with Crippen LogP contribution < -0.4 is 0 Å². The van der Waals surface area contributed by atoms with Gasteiger partial charge in [0.1, 0.15) is 0 Å². The Balaban J connectivity index is 0.000000183. The third-order valence-electron chi connectivity index (χ3n) is 24.5. The van der Waals surface area contributed by atoms with Gasteiger partial charge in [-0.25, -0.2) is 0 Å². The fraction of sp³-hybridized carbons (Fsp3) is 0.373. The van der Waals surface area contributed by atoms with E-state index in [4.69, 9.17) is 0 Å². The molecule has 0 N–H and O–H groups in total. The predicted octanol–water partition coefficient (Wildman–Crippen LogP) is 31.7. The van der Waals surface area contributed by atoms with E-state index >= 15 is 0 Å². The molecule has 0 bridgehead atoms. The quantitative estimate of drug-likeness (QED) is 0.0291. The average Bonchev–Trinajstić information content (AvgIpc) is 1.62. The van der Waals surface area contributed by atoms with E-state index in [9.17, 15) is 0 Å². The Kier molecular flexibility index (Phi) is 23.3. The molecule has 2 aliphatic carbocycles. The van der Waals surface area contributed by atoms with Gasteiger partial charge >= 0.3 is 0 Å². The first-order valence-corrected chi connectivity index (χ1v) is 40.5. The number of aryl methyl sites for hydroxylation is 4. The van der Waals surface area contributed by atoms with E-state index in [1.54, 1.807) is 22.3 Å². The number of rotatable bonds is 32. The summed E-state index contributed by atoms with van der Waals surface area (Å²) in [6, 6.07) is 71.2. The molecule has 0 nitrogen and oxygen atoms in total. The number of hydrogen-bond acceptors (Lipinski definition) is 0. The second-order valence-corrected chi connectivity index (χ2v) is 31.3. The van der Waals surface area contributed by atoms with E-state index in [1.165, 1.54) is 311 Å². The Morgan fingerprint density at radius 2 is 0.549 bits per heavy atom. The van der Waals surface area contributed by atoms with Crippen LogP contribution >= 0.6 is 0 Å². The van der Waals surface area contributed by atoms with Crippen LogP contribution in [0.25, 0.3) is 121 Å². The lowest BCUT2D eigenvalue weighted by molar-refractivity contribution is 0.398. The minimum absolute atomic E-state index is 0.0535. The van der Waals surface area contributed by atoms with Gasteiger partial charge in [0.25, 0.3) is 0 Å². The minimum Gasteiger partial charge on any atom is -0.0984 e. The highest BCUT2D eigenvalue weighted by Crippen LogP contribution is 2.58. The molecular formula is C102H116. The zero-order valence-corrected chi connectivity index (χ0v) is 63.7. The molecular weight excluding hydrogens is 1230 g/mol. The van der Waals surface area contributed by atoms with Crippen LogP contribution in [0.5, 0.6) is 0 Å². The molecule has 102 heavy (non-hydrogen) atoms. The van der Waals surface area contributed by atoms with Crippen molar-refractivity contribution in [2.45, 2.75) is 246 Å². The molecule has 12 aromatic carbocycles. The highest BCUT2D eigenvalue weighted by molar-refractivity contribution is 6.20. The molecule has 0 spiro atoms. The van der Waals surface area contributed by atoms with Gasteiger partial charge in [-0.15, -0.1) is 0 Å². The number of unbranched alkanes of at least 4 members (excludes halogenated alkanes) is 20. The van der Waals surface area contributed by atoms with Gasteiger partial charge < -0.3 is 0 Å². The maximum absolute atomic E-state index is 4.19. The lowest BCUT2D eigenvalue weighted by atomic mass is 9.70. The normalized spacial score (nSPS) is 13.3. The molecule has 0 aliphatic heterocycles. The Morgan fingerprint density at radius 3 is 0.931 bits per heavy atom. The van der Waals surface area contributed by atoms with Gasteiger partial charge in [0.15, 0.2) is 0 Å². The first-order chi connectivity index (χ1) is 50.0. The number of benzene rings is 12. The second kappa shape index (κ2) is 33.0. The summed E-state index contributed by atoms with van der Waals surface area (Å²) < 4.78 is 0. The summed E-state index contributed by atoms with van der Waals surface area (Å²) in [4.78, 5) is 0. The molecule has 12 aromatic rings. The molecule has 0 amide bonds. The van der Waals surface area contributed by atoms with Gasteiger partial charge in [-0.3, -0.25) is 0 Å². The van der Waals surface area contributed by atoms with Crippen LogP contribution in [0.4, 0.5) is 0 Å². The van der Waals surface area contributed by atoms with E-state index in [0.29, 0.717) is 0 Å². The van der Waals surface area contributed by atoms with Crippen molar-refractivity contribution >= 4 is 76.8 Å². The molecule has 0 saturated heterocycles. The Labute approximate surface area is 614 Å². The van der Waals surface area contributed by atoms with Crippen molar-refractivity contribution in [2.75, 3.05) is 0 Å². The van der Waals surface area contributed by atoms with Crippen LogP contribution in [-0.4, -0.2) is 0 Å². The Hall–Kier alpha value is -8.32. The summed E-state index contributed by atoms with van der Waals surface area (Å²) in [7, 11) is 0. The molecule has 2 aliphatic rings. The van der Waals surface area contributed by atoms with Crippen LogP contribution in [0, 0.1) is 27.7 Å². The minimum atomic E-state index is 0.0535. The fourth-order valence-corrected chi connectivity index (χ4v) is 18.9. The molecule has 14 rings (SSSR count). The summed E-state index contributed by atoms with van der Waals surface area (Å²) in [6.45, 7) is 26.8. The third kappa shape index (κ3) is 14.4. The lowest BCUT2D eigenvalue weighted by Gasteiger charge is -2.33. The van der Waals surface area contributed by atoms with E-state index in [1.807, 2.05) is 12.2 Å². The molecule has 524 valence electrons. The molecule has 0 atom stereocenters. The van der Waals surface area contributed by atoms with Crippen LogP contribution in [0.3, 0.4) is 0 Å². The van der Waals surface area contributed by atoms with E-state index in [2.05, 4.69) is 251 Å². The highest BCUT2D eigenvalue weighted by atomic mass is 14.5. The zero-order valence-electron chi connectivity index (χ0n) is 63.7. The molecule has 0 saturated carbocycles. The molecule has 0 radical (unpaired) electrons. The largest absolute Gasteiger partial charge is 0.0984 e. The molecule has 0 heteroatoms. The summed E-state index contributed by atoms with van der Waals surface area (Å²) in [5.74, 6) is 0. The summed E-state index contributed by atoms with van der Waals surface area (Å²) >= 11 is 0.